The quantitative estimate of drug-likeness (QED) is 0.230. The van der Waals surface area contributed by atoms with Crippen LogP contribution in [0.2, 0.25) is 0 Å². The van der Waals surface area contributed by atoms with Crippen molar-refractivity contribution < 1.29 is 32.9 Å². The van der Waals surface area contributed by atoms with Crippen molar-refractivity contribution in [3.05, 3.63) is 60.4 Å². The molecule has 0 spiro atoms. The fourth-order valence-corrected chi connectivity index (χ4v) is 4.77. The zero-order valence-corrected chi connectivity index (χ0v) is 26.9. The number of aromatic nitrogens is 3. The van der Waals surface area contributed by atoms with E-state index in [0.29, 0.717) is 81.4 Å². The highest BCUT2D eigenvalue weighted by molar-refractivity contribution is 5.73. The van der Waals surface area contributed by atoms with Crippen molar-refractivity contribution in [3.63, 3.8) is 0 Å². The monoisotopic (exact) mass is 638 g/mol. The van der Waals surface area contributed by atoms with E-state index in [2.05, 4.69) is 15.6 Å². The lowest BCUT2D eigenvalue weighted by molar-refractivity contribution is -0.130. The van der Waals surface area contributed by atoms with Crippen LogP contribution >= 0.6 is 0 Å². The number of rotatable bonds is 14. The number of hydrogen-bond acceptors (Lipinski definition) is 10. The van der Waals surface area contributed by atoms with E-state index in [-0.39, 0.29) is 17.6 Å². The number of halogens is 1. The third kappa shape index (κ3) is 11.5. The standard InChI is InChI=1S/C33H43FN6O6/c1-23(41)40-11-6-7-24(22-40)31-38-29(19-30(39-31)37-27-9-5-8-26(34)18-27)25-17-28(21-35-20-25)45-16-15-44-14-13-43-12-10-36-32(42)46-33(2,3)4/h5,8-9,17-21,24H,6-7,10-16,22H2,1-4H3,(H,36,42)(H,37,38,39). The van der Waals surface area contributed by atoms with Crippen LogP contribution in [-0.4, -0.2) is 90.1 Å². The molecule has 13 heteroatoms. The van der Waals surface area contributed by atoms with Crippen LogP contribution in [0.1, 0.15) is 52.3 Å². The van der Waals surface area contributed by atoms with Crippen molar-refractivity contribution in [2.75, 3.05) is 58.0 Å². The molecule has 3 aromatic rings. The van der Waals surface area contributed by atoms with Crippen LogP contribution in [0, 0.1) is 5.82 Å². The van der Waals surface area contributed by atoms with Crippen molar-refractivity contribution in [1.29, 1.82) is 0 Å². The number of likely N-dealkylation sites (tertiary alicyclic amines) is 1. The molecule has 1 aliphatic rings. The largest absolute Gasteiger partial charge is 0.490 e. The maximum absolute atomic E-state index is 13.9. The number of benzene rings is 1. The van der Waals surface area contributed by atoms with E-state index < -0.39 is 11.7 Å². The Kier molecular flexibility index (Phi) is 12.6. The lowest BCUT2D eigenvalue weighted by Crippen LogP contribution is -2.38. The number of amides is 2. The van der Waals surface area contributed by atoms with E-state index in [0.717, 1.165) is 18.4 Å². The molecule has 2 amide bonds. The number of hydrogen-bond donors (Lipinski definition) is 2. The molecule has 1 fully saturated rings. The van der Waals surface area contributed by atoms with Gasteiger partial charge in [0, 0.05) is 56.0 Å². The highest BCUT2D eigenvalue weighted by Gasteiger charge is 2.26. The lowest BCUT2D eigenvalue weighted by atomic mass is 9.97. The fourth-order valence-electron chi connectivity index (χ4n) is 4.77. The van der Waals surface area contributed by atoms with Crippen LogP contribution in [0.25, 0.3) is 11.3 Å². The molecule has 0 saturated carbocycles. The van der Waals surface area contributed by atoms with Gasteiger partial charge in [-0.15, -0.1) is 0 Å². The van der Waals surface area contributed by atoms with Gasteiger partial charge in [0.05, 0.1) is 38.3 Å². The summed E-state index contributed by atoms with van der Waals surface area (Å²) in [6.45, 7) is 10.3. The smallest absolute Gasteiger partial charge is 0.407 e. The maximum Gasteiger partial charge on any atom is 0.407 e. The van der Waals surface area contributed by atoms with Gasteiger partial charge in [-0.05, 0) is 57.9 Å². The molecule has 0 aliphatic carbocycles. The highest BCUT2D eigenvalue weighted by Crippen LogP contribution is 2.30. The van der Waals surface area contributed by atoms with Crippen LogP contribution in [0.4, 0.5) is 20.7 Å². The molecule has 1 atom stereocenters. The minimum atomic E-state index is -0.542. The molecule has 4 rings (SSSR count). The molecule has 3 heterocycles. The number of nitrogens with one attached hydrogen (secondary N) is 2. The Labute approximate surface area is 269 Å². The van der Waals surface area contributed by atoms with Crippen molar-refractivity contribution in [3.8, 4) is 17.0 Å². The third-order valence-corrected chi connectivity index (χ3v) is 6.86. The van der Waals surface area contributed by atoms with E-state index in [9.17, 15) is 14.0 Å². The molecule has 0 radical (unpaired) electrons. The second-order valence-corrected chi connectivity index (χ2v) is 11.8. The number of pyridine rings is 1. The normalized spacial score (nSPS) is 14.9. The average Bonchev–Trinajstić information content (AvgIpc) is 3.01. The van der Waals surface area contributed by atoms with Crippen molar-refractivity contribution >= 4 is 23.5 Å². The minimum Gasteiger partial charge on any atom is -0.490 e. The van der Waals surface area contributed by atoms with Gasteiger partial charge in [-0.3, -0.25) is 9.78 Å². The summed E-state index contributed by atoms with van der Waals surface area (Å²) in [6.07, 6.45) is 4.54. The SMILES string of the molecule is CC(=O)N1CCCC(c2nc(Nc3cccc(F)c3)cc(-c3cncc(OCCOCCOCCNC(=O)OC(C)(C)C)c3)n2)C1. The molecule has 248 valence electrons. The average molecular weight is 639 g/mol. The first-order chi connectivity index (χ1) is 22.1. The summed E-state index contributed by atoms with van der Waals surface area (Å²) >= 11 is 0. The first-order valence-electron chi connectivity index (χ1n) is 15.4. The van der Waals surface area contributed by atoms with Gasteiger partial charge in [0.25, 0.3) is 0 Å². The predicted octanol–water partition coefficient (Wildman–Crippen LogP) is 5.08. The van der Waals surface area contributed by atoms with Crippen molar-refractivity contribution in [1.82, 2.24) is 25.2 Å². The topological polar surface area (TPSA) is 137 Å². The number of carbonyl (C=O) groups excluding carboxylic acids is 2. The van der Waals surface area contributed by atoms with E-state index in [1.54, 1.807) is 58.3 Å². The second-order valence-electron chi connectivity index (χ2n) is 11.8. The number of piperidine rings is 1. The van der Waals surface area contributed by atoms with Gasteiger partial charge in [0.1, 0.15) is 35.4 Å². The predicted molar refractivity (Wildman–Crippen MR) is 171 cm³/mol. The van der Waals surface area contributed by atoms with Crippen molar-refractivity contribution in [2.24, 2.45) is 0 Å². The summed E-state index contributed by atoms with van der Waals surface area (Å²) in [4.78, 5) is 39.5. The molecule has 1 aliphatic heterocycles. The van der Waals surface area contributed by atoms with Crippen LogP contribution in [0.15, 0.2) is 48.8 Å². The molecule has 1 saturated heterocycles. The van der Waals surface area contributed by atoms with Crippen LogP contribution < -0.4 is 15.4 Å². The summed E-state index contributed by atoms with van der Waals surface area (Å²) in [5, 5.41) is 5.83. The Morgan fingerprint density at radius 3 is 2.57 bits per heavy atom. The molecule has 0 bridgehead atoms. The number of alkyl carbamates (subject to hydrolysis) is 1. The zero-order valence-electron chi connectivity index (χ0n) is 26.9. The van der Waals surface area contributed by atoms with Gasteiger partial charge in [-0.2, -0.15) is 0 Å². The summed E-state index contributed by atoms with van der Waals surface area (Å²) in [5.41, 5.74) is 1.36. The fraction of sp³-hybridized carbons (Fsp3) is 0.485. The molecule has 2 aromatic heterocycles. The van der Waals surface area contributed by atoms with E-state index in [1.807, 2.05) is 11.0 Å². The van der Waals surface area contributed by atoms with Gasteiger partial charge in [-0.25, -0.2) is 19.2 Å². The Hall–Kier alpha value is -4.36. The van der Waals surface area contributed by atoms with E-state index in [4.69, 9.17) is 28.9 Å². The van der Waals surface area contributed by atoms with Crippen LogP contribution in [-0.2, 0) is 19.0 Å². The molecule has 1 unspecified atom stereocenters. The Morgan fingerprint density at radius 2 is 1.80 bits per heavy atom. The van der Waals surface area contributed by atoms with Gasteiger partial charge in [-0.1, -0.05) is 6.07 Å². The molecule has 46 heavy (non-hydrogen) atoms. The third-order valence-electron chi connectivity index (χ3n) is 6.86. The molecular formula is C33H43FN6O6. The molecule has 12 nitrogen and oxygen atoms in total. The Morgan fingerprint density at radius 1 is 1.02 bits per heavy atom. The summed E-state index contributed by atoms with van der Waals surface area (Å²) in [7, 11) is 0. The molecule has 1 aromatic carbocycles. The van der Waals surface area contributed by atoms with Gasteiger partial charge in [0.2, 0.25) is 5.91 Å². The van der Waals surface area contributed by atoms with Crippen molar-refractivity contribution in [2.45, 2.75) is 52.1 Å². The summed E-state index contributed by atoms with van der Waals surface area (Å²) in [5.74, 6) is 1.28. The minimum absolute atomic E-state index is 0.0251. The zero-order chi connectivity index (χ0) is 32.9. The van der Waals surface area contributed by atoms with Crippen LogP contribution in [0.5, 0.6) is 5.75 Å². The molecule has 2 N–H and O–H groups in total. The number of nitrogens with zero attached hydrogens (tertiary/aromatic N) is 4. The van der Waals surface area contributed by atoms with Crippen LogP contribution in [0.3, 0.4) is 0 Å². The van der Waals surface area contributed by atoms with Gasteiger partial charge in [0.15, 0.2) is 0 Å². The number of anilines is 2. The van der Waals surface area contributed by atoms with Gasteiger partial charge >= 0.3 is 6.09 Å². The first kappa shape index (κ1) is 34.5. The summed E-state index contributed by atoms with van der Waals surface area (Å²) in [6, 6.07) is 9.79. The number of carbonyl (C=O) groups is 2. The maximum atomic E-state index is 13.9. The number of ether oxygens (including phenoxy) is 4. The van der Waals surface area contributed by atoms with E-state index >= 15 is 0 Å². The Bertz CT molecular complexity index is 1450. The van der Waals surface area contributed by atoms with E-state index in [1.165, 1.54) is 12.1 Å². The summed E-state index contributed by atoms with van der Waals surface area (Å²) < 4.78 is 36.0. The van der Waals surface area contributed by atoms with Gasteiger partial charge < -0.3 is 34.5 Å². The first-order valence-corrected chi connectivity index (χ1v) is 15.4. The Balaban J connectivity index is 1.31. The highest BCUT2D eigenvalue weighted by atomic mass is 19.1. The second kappa shape index (κ2) is 16.8. The molecular weight excluding hydrogens is 595 g/mol. The lowest BCUT2D eigenvalue weighted by Gasteiger charge is -2.31.